The van der Waals surface area contributed by atoms with Crippen molar-refractivity contribution in [3.8, 4) is 0 Å². The second kappa shape index (κ2) is 9.49. The molecule has 1 aliphatic heterocycles. The summed E-state index contributed by atoms with van der Waals surface area (Å²) in [6.07, 6.45) is 5.20. The van der Waals surface area contributed by atoms with E-state index in [9.17, 15) is 9.59 Å². The van der Waals surface area contributed by atoms with Crippen LogP contribution >= 0.6 is 23.4 Å². The van der Waals surface area contributed by atoms with E-state index in [0.29, 0.717) is 21.8 Å². The number of anilines is 1. The maximum atomic E-state index is 13.3. The molecule has 1 heterocycles. The van der Waals surface area contributed by atoms with Crippen LogP contribution in [0, 0.1) is 11.8 Å². The van der Waals surface area contributed by atoms with E-state index in [0.717, 1.165) is 29.0 Å². The summed E-state index contributed by atoms with van der Waals surface area (Å²) < 4.78 is 0. The molecule has 4 rings (SSSR count). The lowest BCUT2D eigenvalue weighted by Gasteiger charge is -2.35. The number of hydrogen-bond acceptors (Lipinski definition) is 3. The molecule has 2 aromatic rings. The van der Waals surface area contributed by atoms with E-state index in [1.807, 2.05) is 42.5 Å². The Bertz CT molecular complexity index is 1000. The number of thioether (sulfide) groups is 1. The summed E-state index contributed by atoms with van der Waals surface area (Å²) in [4.78, 5) is 29.4. The topological polar surface area (TPSA) is 49.4 Å². The first-order chi connectivity index (χ1) is 14.9. The molecule has 0 bridgehead atoms. The van der Waals surface area contributed by atoms with Gasteiger partial charge in [0.05, 0.1) is 10.6 Å². The first kappa shape index (κ1) is 22.0. The Morgan fingerprint density at radius 3 is 2.68 bits per heavy atom. The third-order valence-corrected chi connectivity index (χ3v) is 7.68. The van der Waals surface area contributed by atoms with Gasteiger partial charge in [0.1, 0.15) is 6.54 Å². The quantitative estimate of drug-likeness (QED) is 0.597. The number of fused-ring (bicyclic) bond motifs is 1. The second-order valence-corrected chi connectivity index (χ2v) is 9.98. The highest BCUT2D eigenvalue weighted by molar-refractivity contribution is 8.04. The standard InChI is InChI=1S/C25H27ClN2O2S/c1-16-6-5-7-20(17(16)2)27-24(29)15-28-21-8-3-4-9-22(21)31-23(25(28)30)14-18-10-12-19(26)13-11-18/h3-4,8-14,16-17,20H,5-7,15H2,1-2H3,(H,27,29)/b23-14+/t16-,17+,20-/m1/s1. The van der Waals surface area contributed by atoms with E-state index < -0.39 is 0 Å². The molecule has 0 spiro atoms. The highest BCUT2D eigenvalue weighted by Crippen LogP contribution is 2.42. The molecule has 1 aliphatic carbocycles. The van der Waals surface area contributed by atoms with Gasteiger partial charge in [-0.05, 0) is 54.2 Å². The summed E-state index contributed by atoms with van der Waals surface area (Å²) >= 11 is 7.42. The van der Waals surface area contributed by atoms with Crippen LogP contribution in [0.3, 0.4) is 0 Å². The third kappa shape index (κ3) is 4.99. The van der Waals surface area contributed by atoms with Gasteiger partial charge in [-0.25, -0.2) is 0 Å². The molecule has 31 heavy (non-hydrogen) atoms. The van der Waals surface area contributed by atoms with Crippen LogP contribution in [0.5, 0.6) is 0 Å². The third-order valence-electron chi connectivity index (χ3n) is 6.35. The zero-order valence-corrected chi connectivity index (χ0v) is 19.4. The van der Waals surface area contributed by atoms with Crippen LogP contribution in [-0.2, 0) is 9.59 Å². The fraction of sp³-hybridized carbons (Fsp3) is 0.360. The molecule has 1 fully saturated rings. The van der Waals surface area contributed by atoms with E-state index in [4.69, 9.17) is 11.6 Å². The minimum absolute atomic E-state index is 0.0198. The minimum atomic E-state index is -0.154. The zero-order chi connectivity index (χ0) is 22.0. The van der Waals surface area contributed by atoms with Crippen molar-refractivity contribution >= 4 is 46.9 Å². The lowest BCUT2D eigenvalue weighted by atomic mass is 9.78. The van der Waals surface area contributed by atoms with Gasteiger partial charge in [-0.3, -0.25) is 14.5 Å². The van der Waals surface area contributed by atoms with Crippen LogP contribution in [-0.4, -0.2) is 24.4 Å². The molecule has 3 atom stereocenters. The number of hydrogen-bond donors (Lipinski definition) is 1. The van der Waals surface area contributed by atoms with Crippen molar-refractivity contribution in [2.45, 2.75) is 44.0 Å². The van der Waals surface area contributed by atoms with Crippen molar-refractivity contribution < 1.29 is 9.59 Å². The van der Waals surface area contributed by atoms with Gasteiger partial charge < -0.3 is 5.32 Å². The molecular weight excluding hydrogens is 428 g/mol. The Morgan fingerprint density at radius 1 is 1.16 bits per heavy atom. The molecule has 0 aromatic heterocycles. The van der Waals surface area contributed by atoms with Gasteiger partial charge in [0, 0.05) is 16.0 Å². The van der Waals surface area contributed by atoms with Crippen LogP contribution in [0.2, 0.25) is 5.02 Å². The second-order valence-electron chi connectivity index (χ2n) is 8.46. The van der Waals surface area contributed by atoms with E-state index in [2.05, 4.69) is 19.2 Å². The van der Waals surface area contributed by atoms with Crippen molar-refractivity contribution in [3.63, 3.8) is 0 Å². The lowest BCUT2D eigenvalue weighted by Crippen LogP contribution is -2.49. The summed E-state index contributed by atoms with van der Waals surface area (Å²) in [5, 5.41) is 3.85. The Balaban J connectivity index is 1.56. The summed E-state index contributed by atoms with van der Waals surface area (Å²) in [6.45, 7) is 4.48. The number of carbonyl (C=O) groups is 2. The summed E-state index contributed by atoms with van der Waals surface area (Å²) in [5.41, 5.74) is 1.68. The van der Waals surface area contributed by atoms with Gasteiger partial charge in [-0.15, -0.1) is 0 Å². The summed E-state index contributed by atoms with van der Waals surface area (Å²) in [6, 6.07) is 15.3. The van der Waals surface area contributed by atoms with Gasteiger partial charge in [0.15, 0.2) is 0 Å². The molecule has 6 heteroatoms. The van der Waals surface area contributed by atoms with E-state index >= 15 is 0 Å². The number of nitrogens with zero attached hydrogens (tertiary/aromatic N) is 1. The first-order valence-corrected chi connectivity index (χ1v) is 12.0. The number of para-hydroxylation sites is 1. The lowest BCUT2D eigenvalue weighted by molar-refractivity contribution is -0.123. The van der Waals surface area contributed by atoms with Crippen molar-refractivity contribution in [1.29, 1.82) is 0 Å². The first-order valence-electron chi connectivity index (χ1n) is 10.8. The maximum absolute atomic E-state index is 13.3. The van der Waals surface area contributed by atoms with Crippen LogP contribution in [0.4, 0.5) is 5.69 Å². The highest BCUT2D eigenvalue weighted by atomic mass is 35.5. The van der Waals surface area contributed by atoms with Crippen molar-refractivity contribution in [2.24, 2.45) is 11.8 Å². The molecule has 2 aromatic carbocycles. The number of rotatable bonds is 4. The van der Waals surface area contributed by atoms with Gasteiger partial charge in [0.2, 0.25) is 5.91 Å². The fourth-order valence-electron chi connectivity index (χ4n) is 4.31. The molecule has 0 unspecified atom stereocenters. The largest absolute Gasteiger partial charge is 0.352 e. The molecule has 0 radical (unpaired) electrons. The van der Waals surface area contributed by atoms with E-state index in [1.54, 1.807) is 17.0 Å². The molecule has 0 saturated heterocycles. The van der Waals surface area contributed by atoms with Crippen LogP contribution in [0.25, 0.3) is 6.08 Å². The predicted octanol–water partition coefficient (Wildman–Crippen LogP) is 5.76. The van der Waals surface area contributed by atoms with Crippen LogP contribution in [0.1, 0.15) is 38.7 Å². The number of nitrogens with one attached hydrogen (secondary N) is 1. The normalized spacial score (nSPS) is 24.7. The molecule has 2 aliphatic rings. The number of benzene rings is 2. The van der Waals surface area contributed by atoms with E-state index in [1.165, 1.54) is 18.2 Å². The smallest absolute Gasteiger partial charge is 0.265 e. The predicted molar refractivity (Wildman–Crippen MR) is 128 cm³/mol. The zero-order valence-electron chi connectivity index (χ0n) is 17.8. The highest BCUT2D eigenvalue weighted by Gasteiger charge is 2.32. The summed E-state index contributed by atoms with van der Waals surface area (Å²) in [7, 11) is 0. The van der Waals surface area contributed by atoms with Crippen molar-refractivity contribution in [2.75, 3.05) is 11.4 Å². The van der Waals surface area contributed by atoms with Gasteiger partial charge in [-0.1, -0.05) is 74.3 Å². The molecule has 1 N–H and O–H groups in total. The molecule has 1 saturated carbocycles. The van der Waals surface area contributed by atoms with E-state index in [-0.39, 0.29) is 24.4 Å². The Morgan fingerprint density at radius 2 is 1.90 bits per heavy atom. The average molecular weight is 455 g/mol. The maximum Gasteiger partial charge on any atom is 0.265 e. The average Bonchev–Trinajstić information content (AvgIpc) is 2.76. The molecule has 2 amide bonds. The van der Waals surface area contributed by atoms with Gasteiger partial charge >= 0.3 is 0 Å². The van der Waals surface area contributed by atoms with Gasteiger partial charge in [-0.2, -0.15) is 0 Å². The molecule has 4 nitrogen and oxygen atoms in total. The summed E-state index contributed by atoms with van der Waals surface area (Å²) in [5.74, 6) is 0.783. The van der Waals surface area contributed by atoms with Crippen LogP contribution in [0.15, 0.2) is 58.3 Å². The number of amides is 2. The van der Waals surface area contributed by atoms with Crippen LogP contribution < -0.4 is 10.2 Å². The number of carbonyl (C=O) groups excluding carboxylic acids is 2. The Kier molecular flexibility index (Phi) is 6.73. The molecular formula is C25H27ClN2O2S. The Hall–Kier alpha value is -2.24. The minimum Gasteiger partial charge on any atom is -0.352 e. The van der Waals surface area contributed by atoms with Gasteiger partial charge in [0.25, 0.3) is 5.91 Å². The monoisotopic (exact) mass is 454 g/mol. The van der Waals surface area contributed by atoms with Crippen molar-refractivity contribution in [1.82, 2.24) is 5.32 Å². The Labute approximate surface area is 193 Å². The number of halogens is 1. The molecule has 162 valence electrons. The SMILES string of the molecule is C[C@H]1[C@H](C)CCC[C@H]1NC(=O)CN1C(=O)/C(=C\c2ccc(Cl)cc2)Sc2ccccc21. The van der Waals surface area contributed by atoms with Crippen molar-refractivity contribution in [3.05, 3.63) is 64.0 Å². The fourth-order valence-corrected chi connectivity index (χ4v) is 5.50.